The molecule has 0 heterocycles. The van der Waals surface area contributed by atoms with Crippen molar-refractivity contribution in [2.24, 2.45) is 5.41 Å². The molecular formula is C9H16O2. The van der Waals surface area contributed by atoms with Crippen LogP contribution in [0, 0.1) is 5.41 Å². The lowest BCUT2D eigenvalue weighted by Gasteiger charge is -2.17. The van der Waals surface area contributed by atoms with E-state index in [1.54, 1.807) is 13.0 Å². The lowest BCUT2D eigenvalue weighted by atomic mass is 9.88. The van der Waals surface area contributed by atoms with Gasteiger partial charge in [0.1, 0.15) is 0 Å². The second-order valence-corrected chi connectivity index (χ2v) is 3.86. The molecule has 0 aromatic rings. The molecule has 0 radical (unpaired) electrons. The summed E-state index contributed by atoms with van der Waals surface area (Å²) in [6.45, 7) is 7.84. The predicted molar refractivity (Wildman–Crippen MR) is 45.5 cm³/mol. The van der Waals surface area contributed by atoms with Crippen molar-refractivity contribution in [2.45, 2.75) is 34.1 Å². The second kappa shape index (κ2) is 3.56. The highest BCUT2D eigenvalue weighted by molar-refractivity contribution is 5.86. The minimum atomic E-state index is -0.803. The zero-order valence-corrected chi connectivity index (χ0v) is 7.64. The van der Waals surface area contributed by atoms with E-state index in [0.29, 0.717) is 12.0 Å². The lowest BCUT2D eigenvalue weighted by Crippen LogP contribution is -2.11. The Morgan fingerprint density at radius 3 is 2.00 bits per heavy atom. The molecule has 0 rings (SSSR count). The van der Waals surface area contributed by atoms with Crippen LogP contribution in [0.3, 0.4) is 0 Å². The van der Waals surface area contributed by atoms with Crippen molar-refractivity contribution < 1.29 is 9.90 Å². The van der Waals surface area contributed by atoms with Crippen molar-refractivity contribution in [3.05, 3.63) is 11.6 Å². The van der Waals surface area contributed by atoms with Gasteiger partial charge in [0.25, 0.3) is 0 Å². The van der Waals surface area contributed by atoms with Crippen molar-refractivity contribution in [3.63, 3.8) is 0 Å². The van der Waals surface area contributed by atoms with Crippen LogP contribution in [0.5, 0.6) is 0 Å². The average Bonchev–Trinajstić information content (AvgIpc) is 1.80. The summed E-state index contributed by atoms with van der Waals surface area (Å²) < 4.78 is 0. The number of carbonyl (C=O) groups is 1. The molecule has 0 aliphatic rings. The van der Waals surface area contributed by atoms with E-state index >= 15 is 0 Å². The maximum Gasteiger partial charge on any atom is 0.331 e. The summed E-state index contributed by atoms with van der Waals surface area (Å²) in [5, 5.41) is 8.67. The molecule has 0 spiro atoms. The first-order valence-electron chi connectivity index (χ1n) is 3.75. The van der Waals surface area contributed by atoms with Crippen molar-refractivity contribution in [3.8, 4) is 0 Å². The fraction of sp³-hybridized carbons (Fsp3) is 0.667. The van der Waals surface area contributed by atoms with Gasteiger partial charge < -0.3 is 5.11 Å². The minimum absolute atomic E-state index is 0.0558. The predicted octanol–water partition coefficient (Wildman–Crippen LogP) is 2.45. The molecule has 2 nitrogen and oxygen atoms in total. The number of allylic oxidation sites excluding steroid dienone is 1. The summed E-state index contributed by atoms with van der Waals surface area (Å²) in [7, 11) is 0. The summed E-state index contributed by atoms with van der Waals surface area (Å²) >= 11 is 0. The zero-order valence-electron chi connectivity index (χ0n) is 7.64. The summed E-state index contributed by atoms with van der Waals surface area (Å²) in [6.07, 6.45) is 2.28. The van der Waals surface area contributed by atoms with E-state index in [9.17, 15) is 4.79 Å². The van der Waals surface area contributed by atoms with Gasteiger partial charge in [-0.2, -0.15) is 0 Å². The summed E-state index contributed by atoms with van der Waals surface area (Å²) in [5.74, 6) is -0.803. The van der Waals surface area contributed by atoms with Gasteiger partial charge in [-0.15, -0.1) is 0 Å². The van der Waals surface area contributed by atoms with E-state index in [0.717, 1.165) is 0 Å². The first-order chi connectivity index (χ1) is 4.87. The molecule has 0 fully saturated rings. The average molecular weight is 156 g/mol. The molecule has 64 valence electrons. The van der Waals surface area contributed by atoms with E-state index in [1.165, 1.54) is 0 Å². The smallest absolute Gasteiger partial charge is 0.331 e. The molecule has 0 atom stereocenters. The topological polar surface area (TPSA) is 37.3 Å². The molecule has 11 heavy (non-hydrogen) atoms. The van der Waals surface area contributed by atoms with Gasteiger partial charge in [-0.25, -0.2) is 4.79 Å². The Labute approximate surface area is 67.9 Å². The highest BCUT2D eigenvalue weighted by Crippen LogP contribution is 2.23. The van der Waals surface area contributed by atoms with Gasteiger partial charge in [0, 0.05) is 5.57 Å². The SMILES string of the molecule is C/C=C(\CC(C)(C)C)C(=O)O. The van der Waals surface area contributed by atoms with Gasteiger partial charge in [-0.05, 0) is 18.8 Å². The van der Waals surface area contributed by atoms with E-state index in [1.807, 2.05) is 20.8 Å². The maximum absolute atomic E-state index is 10.5. The van der Waals surface area contributed by atoms with E-state index in [2.05, 4.69) is 0 Å². The Bertz CT molecular complexity index is 172. The molecule has 0 saturated carbocycles. The van der Waals surface area contributed by atoms with Crippen molar-refractivity contribution in [1.29, 1.82) is 0 Å². The molecule has 0 aromatic carbocycles. The molecule has 0 saturated heterocycles. The monoisotopic (exact) mass is 156 g/mol. The largest absolute Gasteiger partial charge is 0.478 e. The van der Waals surface area contributed by atoms with Crippen LogP contribution in [0.25, 0.3) is 0 Å². The van der Waals surface area contributed by atoms with Crippen molar-refractivity contribution in [2.75, 3.05) is 0 Å². The fourth-order valence-electron chi connectivity index (χ4n) is 0.873. The number of rotatable bonds is 2. The van der Waals surface area contributed by atoms with Crippen LogP contribution in [0.1, 0.15) is 34.1 Å². The van der Waals surface area contributed by atoms with Crippen molar-refractivity contribution >= 4 is 5.97 Å². The van der Waals surface area contributed by atoms with Crippen LogP contribution in [0.15, 0.2) is 11.6 Å². The first kappa shape index (κ1) is 10.2. The van der Waals surface area contributed by atoms with Crippen molar-refractivity contribution in [1.82, 2.24) is 0 Å². The third kappa shape index (κ3) is 4.59. The quantitative estimate of drug-likeness (QED) is 0.623. The Kier molecular flexibility index (Phi) is 3.30. The Morgan fingerprint density at radius 1 is 1.45 bits per heavy atom. The normalized spacial score (nSPS) is 13.3. The zero-order chi connectivity index (χ0) is 9.07. The van der Waals surface area contributed by atoms with E-state index in [4.69, 9.17) is 5.11 Å². The number of hydrogen-bond donors (Lipinski definition) is 1. The Hall–Kier alpha value is -0.790. The summed E-state index contributed by atoms with van der Waals surface area (Å²) in [4.78, 5) is 10.5. The molecule has 0 amide bonds. The molecular weight excluding hydrogens is 140 g/mol. The lowest BCUT2D eigenvalue weighted by molar-refractivity contribution is -0.133. The molecule has 0 aliphatic heterocycles. The molecule has 1 N–H and O–H groups in total. The summed E-state index contributed by atoms with van der Waals surface area (Å²) in [5.41, 5.74) is 0.553. The summed E-state index contributed by atoms with van der Waals surface area (Å²) in [6, 6.07) is 0. The van der Waals surface area contributed by atoms with Gasteiger partial charge in [-0.1, -0.05) is 26.8 Å². The van der Waals surface area contributed by atoms with Gasteiger partial charge in [0.15, 0.2) is 0 Å². The first-order valence-corrected chi connectivity index (χ1v) is 3.75. The molecule has 0 aromatic heterocycles. The van der Waals surface area contributed by atoms with Gasteiger partial charge in [0.2, 0.25) is 0 Å². The van der Waals surface area contributed by atoms with E-state index < -0.39 is 5.97 Å². The Balaban J connectivity index is 4.24. The highest BCUT2D eigenvalue weighted by Gasteiger charge is 2.16. The van der Waals surface area contributed by atoms with Crippen LogP contribution >= 0.6 is 0 Å². The number of carboxylic acid groups (broad SMARTS) is 1. The molecule has 0 unspecified atom stereocenters. The number of hydrogen-bond acceptors (Lipinski definition) is 1. The van der Waals surface area contributed by atoms with Crippen LogP contribution in [0.2, 0.25) is 0 Å². The number of carboxylic acids is 1. The number of aliphatic carboxylic acids is 1. The third-order valence-corrected chi connectivity index (χ3v) is 1.34. The van der Waals surface area contributed by atoms with Gasteiger partial charge in [0.05, 0.1) is 0 Å². The van der Waals surface area contributed by atoms with Crippen LogP contribution in [-0.4, -0.2) is 11.1 Å². The Morgan fingerprint density at radius 2 is 1.91 bits per heavy atom. The molecule has 0 bridgehead atoms. The maximum atomic E-state index is 10.5. The molecule has 0 aliphatic carbocycles. The van der Waals surface area contributed by atoms with Gasteiger partial charge >= 0.3 is 5.97 Å². The minimum Gasteiger partial charge on any atom is -0.478 e. The standard InChI is InChI=1S/C9H16O2/c1-5-7(8(10)11)6-9(2,3)4/h5H,6H2,1-4H3,(H,10,11)/b7-5+. The van der Waals surface area contributed by atoms with Crippen LogP contribution < -0.4 is 0 Å². The van der Waals surface area contributed by atoms with Gasteiger partial charge in [-0.3, -0.25) is 0 Å². The van der Waals surface area contributed by atoms with Crippen LogP contribution in [-0.2, 0) is 4.79 Å². The molecule has 2 heteroatoms. The fourth-order valence-corrected chi connectivity index (χ4v) is 0.873. The van der Waals surface area contributed by atoms with Crippen LogP contribution in [0.4, 0.5) is 0 Å². The van der Waals surface area contributed by atoms with E-state index in [-0.39, 0.29) is 5.41 Å². The third-order valence-electron chi connectivity index (χ3n) is 1.34. The second-order valence-electron chi connectivity index (χ2n) is 3.86. The highest BCUT2D eigenvalue weighted by atomic mass is 16.4.